The van der Waals surface area contributed by atoms with Gasteiger partial charge in [0.05, 0.1) is 28.0 Å². The van der Waals surface area contributed by atoms with Crippen molar-refractivity contribution in [2.24, 2.45) is 7.05 Å². The van der Waals surface area contributed by atoms with Gasteiger partial charge < -0.3 is 0 Å². The van der Waals surface area contributed by atoms with Crippen LogP contribution in [-0.4, -0.2) is 39.1 Å². The third-order valence-electron chi connectivity index (χ3n) is 4.30. The zero-order chi connectivity index (χ0) is 17.0. The van der Waals surface area contributed by atoms with Crippen molar-refractivity contribution in [3.8, 4) is 0 Å². The predicted octanol–water partition coefficient (Wildman–Crippen LogP) is 2.48. The summed E-state index contributed by atoms with van der Waals surface area (Å²) < 4.78 is 5.32. The number of rotatable bonds is 3. The Labute approximate surface area is 143 Å². The van der Waals surface area contributed by atoms with Gasteiger partial charge in [-0.05, 0) is 20.3 Å². The van der Waals surface area contributed by atoms with Crippen LogP contribution in [0, 0.1) is 13.8 Å². The van der Waals surface area contributed by atoms with Crippen LogP contribution in [0.25, 0.3) is 16.7 Å². The molecule has 1 unspecified atom stereocenters. The van der Waals surface area contributed by atoms with Gasteiger partial charge in [-0.25, -0.2) is 14.5 Å². The number of hydrogen-bond acceptors (Lipinski definition) is 5. The van der Waals surface area contributed by atoms with Gasteiger partial charge in [0.25, 0.3) is 0 Å². The summed E-state index contributed by atoms with van der Waals surface area (Å²) in [4.78, 5) is 9.13. The number of aryl methyl sites for hydroxylation is 2. The van der Waals surface area contributed by atoms with E-state index in [2.05, 4.69) is 27.2 Å². The summed E-state index contributed by atoms with van der Waals surface area (Å²) in [5.41, 5.74) is 3.26. The Morgan fingerprint density at radius 3 is 2.67 bits per heavy atom. The van der Waals surface area contributed by atoms with E-state index >= 15 is 0 Å². The molecule has 0 aromatic carbocycles. The van der Waals surface area contributed by atoms with Gasteiger partial charge in [0, 0.05) is 7.05 Å². The van der Waals surface area contributed by atoms with Crippen LogP contribution in [0.2, 0.25) is 5.02 Å². The summed E-state index contributed by atoms with van der Waals surface area (Å²) in [6, 6.07) is -0.0807. The second-order valence-corrected chi connectivity index (χ2v) is 6.22. The summed E-state index contributed by atoms with van der Waals surface area (Å²) in [5, 5.41) is 15.0. The Morgan fingerprint density at radius 1 is 1.21 bits per heavy atom. The average Bonchev–Trinajstić information content (AvgIpc) is 3.22. The quantitative estimate of drug-likeness (QED) is 0.570. The Hall–Kier alpha value is -2.48. The van der Waals surface area contributed by atoms with E-state index in [4.69, 9.17) is 16.6 Å². The van der Waals surface area contributed by atoms with Gasteiger partial charge in [0.1, 0.15) is 12.4 Å². The lowest BCUT2D eigenvalue weighted by atomic mass is 10.2. The highest BCUT2D eigenvalue weighted by molar-refractivity contribution is 6.31. The van der Waals surface area contributed by atoms with Crippen LogP contribution in [0.1, 0.15) is 36.6 Å². The van der Waals surface area contributed by atoms with E-state index in [-0.39, 0.29) is 6.04 Å². The molecule has 0 spiro atoms. The molecule has 0 fully saturated rings. The molecule has 4 aromatic rings. The zero-order valence-corrected chi connectivity index (χ0v) is 14.7. The van der Waals surface area contributed by atoms with Crippen molar-refractivity contribution < 1.29 is 0 Å². The molecule has 8 nitrogen and oxygen atoms in total. The van der Waals surface area contributed by atoms with Gasteiger partial charge in [0.2, 0.25) is 0 Å². The minimum absolute atomic E-state index is 0.0807. The molecule has 0 aliphatic rings. The van der Waals surface area contributed by atoms with E-state index in [1.165, 1.54) is 0 Å². The number of nitrogens with zero attached hydrogens (tertiary/aromatic N) is 8. The maximum Gasteiger partial charge on any atom is 0.176 e. The summed E-state index contributed by atoms with van der Waals surface area (Å²) in [6.45, 7) is 5.94. The van der Waals surface area contributed by atoms with Crippen molar-refractivity contribution in [3.63, 3.8) is 0 Å². The molecule has 24 heavy (non-hydrogen) atoms. The Balaban J connectivity index is 1.90. The molecule has 4 heterocycles. The summed E-state index contributed by atoms with van der Waals surface area (Å²) >= 11 is 6.30. The molecule has 0 aliphatic carbocycles. The van der Waals surface area contributed by atoms with Gasteiger partial charge >= 0.3 is 0 Å². The van der Waals surface area contributed by atoms with Crippen LogP contribution in [0.4, 0.5) is 0 Å². The topological polar surface area (TPSA) is 78.7 Å². The third kappa shape index (κ3) is 2.02. The van der Waals surface area contributed by atoms with Crippen molar-refractivity contribution in [1.82, 2.24) is 39.1 Å². The molecule has 0 radical (unpaired) electrons. The van der Waals surface area contributed by atoms with Crippen molar-refractivity contribution >= 4 is 28.3 Å². The Bertz CT molecular complexity index is 1060. The van der Waals surface area contributed by atoms with Crippen molar-refractivity contribution in [1.29, 1.82) is 0 Å². The lowest BCUT2D eigenvalue weighted by Gasteiger charge is -2.13. The standard InChI is InChI=1S/C15H17ClN8/c1-5-11(24-9(3)12(16)8(2)20-24)13-19-15-10-6-18-22(4)14(10)17-7-23(15)21-13/h6-7,11H,5H2,1-4H3. The van der Waals surface area contributed by atoms with E-state index < -0.39 is 0 Å². The van der Waals surface area contributed by atoms with Gasteiger partial charge in [-0.1, -0.05) is 18.5 Å². The highest BCUT2D eigenvalue weighted by atomic mass is 35.5. The van der Waals surface area contributed by atoms with Crippen LogP contribution in [0.5, 0.6) is 0 Å². The molecule has 0 aliphatic heterocycles. The Morgan fingerprint density at radius 2 is 2.00 bits per heavy atom. The number of aromatic nitrogens is 8. The van der Waals surface area contributed by atoms with Crippen LogP contribution in [-0.2, 0) is 7.05 Å². The monoisotopic (exact) mass is 344 g/mol. The molecule has 9 heteroatoms. The molecular formula is C15H17ClN8. The summed E-state index contributed by atoms with van der Waals surface area (Å²) in [5.74, 6) is 0.693. The van der Waals surface area contributed by atoms with Gasteiger partial charge in [-0.15, -0.1) is 5.10 Å². The number of fused-ring (bicyclic) bond motifs is 3. The minimum Gasteiger partial charge on any atom is -0.257 e. The van der Waals surface area contributed by atoms with Crippen LogP contribution in [0.15, 0.2) is 12.5 Å². The van der Waals surface area contributed by atoms with E-state index in [0.29, 0.717) is 10.8 Å². The first-order chi connectivity index (χ1) is 11.5. The van der Waals surface area contributed by atoms with E-state index in [1.54, 1.807) is 21.7 Å². The Kier molecular flexibility index (Phi) is 3.31. The van der Waals surface area contributed by atoms with E-state index in [0.717, 1.165) is 34.5 Å². The lowest BCUT2D eigenvalue weighted by molar-refractivity contribution is 0.472. The maximum absolute atomic E-state index is 6.30. The molecule has 0 saturated heterocycles. The largest absolute Gasteiger partial charge is 0.257 e. The normalized spacial score (nSPS) is 13.2. The van der Waals surface area contributed by atoms with E-state index in [9.17, 15) is 0 Å². The van der Waals surface area contributed by atoms with Crippen LogP contribution >= 0.6 is 11.6 Å². The van der Waals surface area contributed by atoms with Crippen molar-refractivity contribution in [3.05, 3.63) is 34.8 Å². The fourth-order valence-electron chi connectivity index (χ4n) is 3.01. The highest BCUT2D eigenvalue weighted by Crippen LogP contribution is 2.27. The van der Waals surface area contributed by atoms with E-state index in [1.807, 2.05) is 25.6 Å². The summed E-state index contributed by atoms with van der Waals surface area (Å²) in [6.07, 6.45) is 4.23. The molecule has 124 valence electrons. The smallest absolute Gasteiger partial charge is 0.176 e. The minimum atomic E-state index is -0.0807. The van der Waals surface area contributed by atoms with Crippen molar-refractivity contribution in [2.45, 2.75) is 33.2 Å². The number of hydrogen-bond donors (Lipinski definition) is 0. The SMILES string of the molecule is CCC(c1nc2c3cnn(C)c3ncn2n1)n1nc(C)c(Cl)c1C. The molecule has 0 amide bonds. The first-order valence-corrected chi connectivity index (χ1v) is 8.13. The fourth-order valence-corrected chi connectivity index (χ4v) is 3.13. The van der Waals surface area contributed by atoms with Gasteiger partial charge in [-0.2, -0.15) is 10.2 Å². The molecule has 1 atom stereocenters. The van der Waals surface area contributed by atoms with Gasteiger partial charge in [0.15, 0.2) is 17.1 Å². The second-order valence-electron chi connectivity index (χ2n) is 5.84. The molecule has 4 rings (SSSR count). The molecule has 4 aromatic heterocycles. The third-order valence-corrected chi connectivity index (χ3v) is 4.85. The molecular weight excluding hydrogens is 328 g/mol. The maximum atomic E-state index is 6.30. The van der Waals surface area contributed by atoms with Gasteiger partial charge in [-0.3, -0.25) is 9.36 Å². The second kappa shape index (κ2) is 5.27. The predicted molar refractivity (Wildman–Crippen MR) is 90.2 cm³/mol. The van der Waals surface area contributed by atoms with Crippen molar-refractivity contribution in [2.75, 3.05) is 0 Å². The summed E-state index contributed by atoms with van der Waals surface area (Å²) in [7, 11) is 1.86. The number of halogens is 1. The lowest BCUT2D eigenvalue weighted by Crippen LogP contribution is -2.14. The highest BCUT2D eigenvalue weighted by Gasteiger charge is 2.23. The molecule has 0 bridgehead atoms. The van der Waals surface area contributed by atoms with Crippen LogP contribution < -0.4 is 0 Å². The first-order valence-electron chi connectivity index (χ1n) is 7.75. The first kappa shape index (κ1) is 15.1. The average molecular weight is 345 g/mol. The zero-order valence-electron chi connectivity index (χ0n) is 13.9. The molecule has 0 N–H and O–H groups in total. The molecule has 0 saturated carbocycles. The van der Waals surface area contributed by atoms with Crippen LogP contribution in [0.3, 0.4) is 0 Å². The fraction of sp³-hybridized carbons (Fsp3) is 0.400.